The summed E-state index contributed by atoms with van der Waals surface area (Å²) in [5.41, 5.74) is 0.681. The zero-order chi connectivity index (χ0) is 15.7. The Kier molecular flexibility index (Phi) is 3.77. The second kappa shape index (κ2) is 5.73. The van der Waals surface area contributed by atoms with Crippen molar-refractivity contribution >= 4 is 17.6 Å². The molecule has 0 N–H and O–H groups in total. The quantitative estimate of drug-likeness (QED) is 0.655. The van der Waals surface area contributed by atoms with E-state index in [9.17, 15) is 18.0 Å². The average molecular weight is 319 g/mol. The summed E-state index contributed by atoms with van der Waals surface area (Å²) in [7, 11) is 0. The second-order valence-corrected chi connectivity index (χ2v) is 5.46. The van der Waals surface area contributed by atoms with Gasteiger partial charge < -0.3 is 0 Å². The Morgan fingerprint density at radius 1 is 1.00 bits per heavy atom. The Balaban J connectivity index is 2.14. The third-order valence-electron chi connectivity index (χ3n) is 3.05. The van der Waals surface area contributed by atoms with Crippen molar-refractivity contribution in [2.75, 3.05) is 0 Å². The Morgan fingerprint density at radius 3 is 2.41 bits per heavy atom. The van der Waals surface area contributed by atoms with Gasteiger partial charge in [0.2, 0.25) is 0 Å². The molecular weight excluding hydrogens is 311 g/mol. The number of aromatic nitrogens is 1. The predicted octanol–water partition coefficient (Wildman–Crippen LogP) is 4.71. The summed E-state index contributed by atoms with van der Waals surface area (Å²) in [6, 6.07) is 9.28. The van der Waals surface area contributed by atoms with Crippen LogP contribution in [0.3, 0.4) is 0 Å². The molecule has 0 unspecified atom stereocenters. The number of carbonyl (C=O) groups is 1. The SMILES string of the molecule is O=Cc1nc(-c2cccc(F)c2F)sc1-c1ccc(F)cc1. The van der Waals surface area contributed by atoms with Crippen LogP contribution in [0.5, 0.6) is 0 Å². The van der Waals surface area contributed by atoms with Gasteiger partial charge in [0.25, 0.3) is 0 Å². The van der Waals surface area contributed by atoms with Crippen molar-refractivity contribution in [2.24, 2.45) is 0 Å². The molecular formula is C16H8F3NOS. The van der Waals surface area contributed by atoms with Crippen LogP contribution in [0.25, 0.3) is 21.0 Å². The van der Waals surface area contributed by atoms with Crippen LogP contribution in [0.15, 0.2) is 42.5 Å². The van der Waals surface area contributed by atoms with Gasteiger partial charge in [-0.1, -0.05) is 18.2 Å². The number of hydrogen-bond donors (Lipinski definition) is 0. The molecule has 3 aromatic rings. The summed E-state index contributed by atoms with van der Waals surface area (Å²) in [6.07, 6.45) is 0.538. The van der Waals surface area contributed by atoms with Gasteiger partial charge >= 0.3 is 0 Å². The van der Waals surface area contributed by atoms with Gasteiger partial charge in [-0.2, -0.15) is 0 Å². The van der Waals surface area contributed by atoms with E-state index in [2.05, 4.69) is 4.98 Å². The lowest BCUT2D eigenvalue weighted by molar-refractivity contribution is 0.112. The van der Waals surface area contributed by atoms with Crippen LogP contribution in [0.2, 0.25) is 0 Å². The molecule has 3 rings (SSSR count). The highest BCUT2D eigenvalue weighted by molar-refractivity contribution is 7.18. The first-order valence-corrected chi connectivity index (χ1v) is 7.08. The van der Waals surface area contributed by atoms with E-state index in [0.717, 1.165) is 17.4 Å². The van der Waals surface area contributed by atoms with E-state index in [0.29, 0.717) is 16.7 Å². The van der Waals surface area contributed by atoms with Gasteiger partial charge in [-0.3, -0.25) is 4.79 Å². The molecule has 0 saturated carbocycles. The van der Waals surface area contributed by atoms with Crippen molar-refractivity contribution in [3.8, 4) is 21.0 Å². The normalized spacial score (nSPS) is 10.7. The molecule has 2 nitrogen and oxygen atoms in total. The molecule has 1 heterocycles. The van der Waals surface area contributed by atoms with Gasteiger partial charge in [0, 0.05) is 5.56 Å². The molecule has 0 spiro atoms. The number of benzene rings is 2. The van der Waals surface area contributed by atoms with Crippen molar-refractivity contribution in [1.82, 2.24) is 4.98 Å². The van der Waals surface area contributed by atoms with Gasteiger partial charge in [0.15, 0.2) is 17.9 Å². The fourth-order valence-corrected chi connectivity index (χ4v) is 3.06. The van der Waals surface area contributed by atoms with Crippen LogP contribution in [-0.2, 0) is 0 Å². The molecule has 0 aliphatic carbocycles. The summed E-state index contributed by atoms with van der Waals surface area (Å²) in [5, 5.41) is 0.193. The van der Waals surface area contributed by atoms with E-state index in [1.165, 1.54) is 36.4 Å². The van der Waals surface area contributed by atoms with E-state index < -0.39 is 17.5 Å². The van der Waals surface area contributed by atoms with Crippen LogP contribution in [-0.4, -0.2) is 11.3 Å². The maximum atomic E-state index is 13.8. The van der Waals surface area contributed by atoms with Crippen molar-refractivity contribution in [3.63, 3.8) is 0 Å². The molecule has 0 aliphatic heterocycles. The zero-order valence-corrected chi connectivity index (χ0v) is 11.8. The average Bonchev–Trinajstić information content (AvgIpc) is 2.95. The lowest BCUT2D eigenvalue weighted by atomic mass is 10.1. The van der Waals surface area contributed by atoms with Gasteiger partial charge in [0.05, 0.1) is 4.88 Å². The second-order valence-electron chi connectivity index (χ2n) is 4.46. The van der Waals surface area contributed by atoms with E-state index in [4.69, 9.17) is 0 Å². The summed E-state index contributed by atoms with van der Waals surface area (Å²) in [6.45, 7) is 0. The molecule has 110 valence electrons. The largest absolute Gasteiger partial charge is 0.296 e. The minimum Gasteiger partial charge on any atom is -0.296 e. The first kappa shape index (κ1) is 14.5. The minimum atomic E-state index is -1.01. The number of nitrogens with zero attached hydrogens (tertiary/aromatic N) is 1. The van der Waals surface area contributed by atoms with Crippen molar-refractivity contribution in [2.45, 2.75) is 0 Å². The Labute approximate surface area is 127 Å². The third-order valence-corrected chi connectivity index (χ3v) is 4.21. The molecule has 0 atom stereocenters. The van der Waals surface area contributed by atoms with Crippen molar-refractivity contribution in [3.05, 3.63) is 65.6 Å². The molecule has 1 aromatic heterocycles. The highest BCUT2D eigenvalue weighted by Gasteiger charge is 2.18. The molecule has 22 heavy (non-hydrogen) atoms. The van der Waals surface area contributed by atoms with E-state index in [1.54, 1.807) is 0 Å². The highest BCUT2D eigenvalue weighted by Crippen LogP contribution is 2.36. The summed E-state index contributed by atoms with van der Waals surface area (Å²) in [4.78, 5) is 15.7. The number of hydrogen-bond acceptors (Lipinski definition) is 3. The third kappa shape index (κ3) is 2.53. The fraction of sp³-hybridized carbons (Fsp3) is 0. The number of carbonyl (C=O) groups excluding carboxylic acids is 1. The summed E-state index contributed by atoms with van der Waals surface area (Å²) in [5.74, 6) is -2.40. The molecule has 0 saturated heterocycles. The first-order valence-electron chi connectivity index (χ1n) is 6.26. The Hall–Kier alpha value is -2.47. The summed E-state index contributed by atoms with van der Waals surface area (Å²) < 4.78 is 40.1. The maximum absolute atomic E-state index is 13.8. The molecule has 6 heteroatoms. The molecule has 0 aliphatic rings. The maximum Gasteiger partial charge on any atom is 0.169 e. The first-order chi connectivity index (χ1) is 10.6. The number of rotatable bonds is 3. The van der Waals surface area contributed by atoms with Gasteiger partial charge in [0.1, 0.15) is 16.5 Å². The van der Waals surface area contributed by atoms with Crippen LogP contribution in [0, 0.1) is 17.5 Å². The molecule has 0 fully saturated rings. The van der Waals surface area contributed by atoms with Crippen molar-refractivity contribution in [1.29, 1.82) is 0 Å². The monoisotopic (exact) mass is 319 g/mol. The van der Waals surface area contributed by atoms with Crippen LogP contribution < -0.4 is 0 Å². The standard InChI is InChI=1S/C16H8F3NOS/c17-10-6-4-9(5-7-10)15-13(8-21)20-16(22-15)11-2-1-3-12(18)14(11)19/h1-8H. The zero-order valence-electron chi connectivity index (χ0n) is 11.0. The van der Waals surface area contributed by atoms with Crippen LogP contribution in [0.4, 0.5) is 13.2 Å². The predicted molar refractivity (Wildman–Crippen MR) is 78.2 cm³/mol. The highest BCUT2D eigenvalue weighted by atomic mass is 32.1. The Bertz CT molecular complexity index is 843. The van der Waals surface area contributed by atoms with E-state index in [1.807, 2.05) is 0 Å². The summed E-state index contributed by atoms with van der Waals surface area (Å²) >= 11 is 1.05. The smallest absolute Gasteiger partial charge is 0.169 e. The number of aldehydes is 1. The molecule has 0 radical (unpaired) electrons. The number of thiazole rings is 1. The lowest BCUT2D eigenvalue weighted by Crippen LogP contribution is -1.89. The topological polar surface area (TPSA) is 30.0 Å². The van der Waals surface area contributed by atoms with Crippen LogP contribution >= 0.6 is 11.3 Å². The van der Waals surface area contributed by atoms with Gasteiger partial charge in [-0.25, -0.2) is 18.2 Å². The fourth-order valence-electron chi connectivity index (χ4n) is 2.00. The van der Waals surface area contributed by atoms with E-state index >= 15 is 0 Å². The molecule has 0 amide bonds. The molecule has 2 aromatic carbocycles. The van der Waals surface area contributed by atoms with Crippen molar-refractivity contribution < 1.29 is 18.0 Å². The van der Waals surface area contributed by atoms with Gasteiger partial charge in [-0.05, 0) is 29.8 Å². The number of halogens is 3. The lowest BCUT2D eigenvalue weighted by Gasteiger charge is -1.99. The van der Waals surface area contributed by atoms with E-state index in [-0.39, 0.29) is 16.3 Å². The Morgan fingerprint density at radius 2 is 1.73 bits per heavy atom. The van der Waals surface area contributed by atoms with Crippen LogP contribution in [0.1, 0.15) is 10.5 Å². The van der Waals surface area contributed by atoms with Gasteiger partial charge in [-0.15, -0.1) is 11.3 Å². The minimum absolute atomic E-state index is 0.0125. The molecule has 0 bridgehead atoms.